The quantitative estimate of drug-likeness (QED) is 0.814. The lowest BCUT2D eigenvalue weighted by molar-refractivity contribution is -0.141. The number of nitrogens with zero attached hydrogens (tertiary/aromatic N) is 2. The summed E-state index contributed by atoms with van der Waals surface area (Å²) >= 11 is 0. The number of nitrogens with one attached hydrogen (secondary N) is 1. The van der Waals surface area contributed by atoms with Gasteiger partial charge in [0.15, 0.2) is 0 Å². The highest BCUT2D eigenvalue weighted by molar-refractivity contribution is 5.89. The van der Waals surface area contributed by atoms with Gasteiger partial charge in [-0.05, 0) is 63.5 Å². The predicted octanol–water partition coefficient (Wildman–Crippen LogP) is 3.21. The van der Waals surface area contributed by atoms with Gasteiger partial charge in [-0.3, -0.25) is 4.79 Å². The number of aromatic amines is 1. The summed E-state index contributed by atoms with van der Waals surface area (Å²) in [7, 11) is 3.86. The molecule has 3 aliphatic rings. The zero-order valence-corrected chi connectivity index (χ0v) is 18.1. The largest absolute Gasteiger partial charge is 0.497 e. The number of rotatable bonds is 3. The molecular weight excluding hydrogens is 378 g/mol. The third-order valence-electron chi connectivity index (χ3n) is 7.85. The molecule has 0 radical (unpaired) electrons. The molecule has 3 heterocycles. The van der Waals surface area contributed by atoms with E-state index in [-0.39, 0.29) is 29.9 Å². The number of likely N-dealkylation sites (tertiary alicyclic amines) is 1. The van der Waals surface area contributed by atoms with Crippen LogP contribution in [-0.4, -0.2) is 66.2 Å². The van der Waals surface area contributed by atoms with Crippen LogP contribution in [0.5, 0.6) is 5.75 Å². The molecule has 1 amide bonds. The molecule has 6 nitrogen and oxygen atoms in total. The fourth-order valence-corrected chi connectivity index (χ4v) is 6.10. The van der Waals surface area contributed by atoms with Crippen LogP contribution in [-0.2, 0) is 10.2 Å². The lowest BCUT2D eigenvalue weighted by atomic mass is 9.68. The van der Waals surface area contributed by atoms with Gasteiger partial charge < -0.3 is 24.6 Å². The highest BCUT2D eigenvalue weighted by Crippen LogP contribution is 2.49. The number of carbonyl (C=O) groups excluding carboxylic acids is 1. The molecule has 6 heteroatoms. The van der Waals surface area contributed by atoms with Crippen molar-refractivity contribution in [1.82, 2.24) is 14.8 Å². The van der Waals surface area contributed by atoms with E-state index in [1.54, 1.807) is 7.11 Å². The number of benzene rings is 1. The minimum atomic E-state index is -0.295. The molecule has 0 bridgehead atoms. The van der Waals surface area contributed by atoms with Crippen LogP contribution < -0.4 is 4.74 Å². The van der Waals surface area contributed by atoms with Crippen LogP contribution in [0, 0.1) is 5.92 Å². The number of aliphatic hydroxyl groups excluding tert-OH is 1. The first-order valence-corrected chi connectivity index (χ1v) is 11.4. The van der Waals surface area contributed by atoms with E-state index in [0.717, 1.165) is 68.6 Å². The Hall–Kier alpha value is -2.05. The second kappa shape index (κ2) is 7.57. The summed E-state index contributed by atoms with van der Waals surface area (Å²) in [5.41, 5.74) is 3.33. The summed E-state index contributed by atoms with van der Waals surface area (Å²) in [4.78, 5) is 21.6. The van der Waals surface area contributed by atoms with Gasteiger partial charge in [0.05, 0.1) is 19.8 Å². The third kappa shape index (κ3) is 3.04. The Kier molecular flexibility index (Phi) is 5.02. The van der Waals surface area contributed by atoms with Crippen molar-refractivity contribution in [2.24, 2.45) is 5.92 Å². The number of carbonyl (C=O) groups is 1. The number of hydrogen-bond donors (Lipinski definition) is 2. The third-order valence-corrected chi connectivity index (χ3v) is 7.85. The Morgan fingerprint density at radius 2 is 2.00 bits per heavy atom. The monoisotopic (exact) mass is 411 g/mol. The summed E-state index contributed by atoms with van der Waals surface area (Å²) in [6.45, 7) is 2.72. The number of H-pyrrole nitrogens is 1. The predicted molar refractivity (Wildman–Crippen MR) is 117 cm³/mol. The summed E-state index contributed by atoms with van der Waals surface area (Å²) in [6, 6.07) is 5.90. The number of hydrogen-bond acceptors (Lipinski definition) is 4. The van der Waals surface area contributed by atoms with Crippen LogP contribution in [0.2, 0.25) is 0 Å². The molecule has 5 rings (SSSR count). The standard InChI is InChI=1S/C24H33N3O3/c1-26-11-9-24(10-12-26)15-27(23(29)16-5-3-4-6-16)20(14-28)22-21(24)18-8-7-17(30-2)13-19(18)25-22/h7-8,13,16,20,25,28H,3-6,9-12,14-15H2,1-2H3/t20-/m1/s1. The van der Waals surface area contributed by atoms with Gasteiger partial charge in [-0.15, -0.1) is 0 Å². The average molecular weight is 412 g/mol. The van der Waals surface area contributed by atoms with Crippen molar-refractivity contribution in [3.05, 3.63) is 29.5 Å². The Morgan fingerprint density at radius 3 is 2.67 bits per heavy atom. The zero-order valence-electron chi connectivity index (χ0n) is 18.1. The molecule has 1 aromatic carbocycles. The van der Waals surface area contributed by atoms with Crippen LogP contribution >= 0.6 is 0 Å². The zero-order chi connectivity index (χ0) is 20.9. The van der Waals surface area contributed by atoms with Crippen LogP contribution in [0.3, 0.4) is 0 Å². The number of piperidine rings is 1. The lowest BCUT2D eigenvalue weighted by Gasteiger charge is -2.50. The lowest BCUT2D eigenvalue weighted by Crippen LogP contribution is -2.55. The maximum Gasteiger partial charge on any atom is 0.226 e. The molecule has 30 heavy (non-hydrogen) atoms. The van der Waals surface area contributed by atoms with Crippen LogP contribution in [0.15, 0.2) is 18.2 Å². The molecule has 1 atom stereocenters. The molecule has 1 aromatic heterocycles. The van der Waals surface area contributed by atoms with Gasteiger partial charge in [-0.1, -0.05) is 12.8 Å². The molecule has 0 unspecified atom stereocenters. The normalized spacial score (nSPS) is 24.5. The molecule has 1 aliphatic carbocycles. The van der Waals surface area contributed by atoms with Gasteiger partial charge in [0.2, 0.25) is 5.91 Å². The van der Waals surface area contributed by atoms with E-state index < -0.39 is 0 Å². The maximum atomic E-state index is 13.6. The number of amides is 1. The van der Waals surface area contributed by atoms with Crippen molar-refractivity contribution in [3.63, 3.8) is 0 Å². The first-order valence-electron chi connectivity index (χ1n) is 11.4. The highest BCUT2D eigenvalue weighted by atomic mass is 16.5. The Balaban J connectivity index is 1.65. The van der Waals surface area contributed by atoms with Gasteiger partial charge in [-0.25, -0.2) is 0 Å². The Bertz CT molecular complexity index is 939. The van der Waals surface area contributed by atoms with E-state index in [4.69, 9.17) is 4.74 Å². The maximum absolute atomic E-state index is 13.6. The van der Waals surface area contributed by atoms with Gasteiger partial charge in [0, 0.05) is 40.5 Å². The van der Waals surface area contributed by atoms with Crippen LogP contribution in [0.1, 0.15) is 55.8 Å². The smallest absolute Gasteiger partial charge is 0.226 e. The second-order valence-electron chi connectivity index (χ2n) is 9.55. The molecule has 1 spiro atoms. The van der Waals surface area contributed by atoms with Crippen molar-refractivity contribution in [3.8, 4) is 5.75 Å². The number of fused-ring (bicyclic) bond motifs is 4. The minimum absolute atomic E-state index is 0.0502. The Morgan fingerprint density at radius 1 is 1.27 bits per heavy atom. The van der Waals surface area contributed by atoms with Crippen molar-refractivity contribution < 1.29 is 14.6 Å². The second-order valence-corrected chi connectivity index (χ2v) is 9.55. The first kappa shape index (κ1) is 19.9. The van der Waals surface area contributed by atoms with Gasteiger partial charge in [0.25, 0.3) is 0 Å². The van der Waals surface area contributed by atoms with Crippen molar-refractivity contribution >= 4 is 16.8 Å². The highest BCUT2D eigenvalue weighted by Gasteiger charge is 2.49. The first-order chi connectivity index (χ1) is 14.6. The van der Waals surface area contributed by atoms with E-state index in [1.807, 2.05) is 17.0 Å². The summed E-state index contributed by atoms with van der Waals surface area (Å²) in [5, 5.41) is 11.6. The molecule has 1 saturated heterocycles. The topological polar surface area (TPSA) is 68.8 Å². The molecule has 2 aromatic rings. The van der Waals surface area contributed by atoms with E-state index in [1.165, 1.54) is 10.9 Å². The van der Waals surface area contributed by atoms with E-state index in [9.17, 15) is 9.90 Å². The van der Waals surface area contributed by atoms with Gasteiger partial charge in [0.1, 0.15) is 5.75 Å². The summed E-state index contributed by atoms with van der Waals surface area (Å²) in [5.74, 6) is 1.18. The van der Waals surface area contributed by atoms with Crippen LogP contribution in [0.4, 0.5) is 0 Å². The van der Waals surface area contributed by atoms with E-state index in [2.05, 4.69) is 23.0 Å². The molecule has 1 saturated carbocycles. The SMILES string of the molecule is COc1ccc2c3c([nH]c2c1)[C@@H](CO)N(C(=O)C1CCCC1)CC31CCN(C)CC1. The number of aliphatic hydroxyl groups is 1. The fourth-order valence-electron chi connectivity index (χ4n) is 6.10. The van der Waals surface area contributed by atoms with Crippen molar-refractivity contribution in [2.45, 2.75) is 50.0 Å². The summed E-state index contributed by atoms with van der Waals surface area (Å²) in [6.07, 6.45) is 6.31. The average Bonchev–Trinajstić information content (AvgIpc) is 3.43. The molecular formula is C24H33N3O3. The molecule has 162 valence electrons. The van der Waals surface area contributed by atoms with Crippen LogP contribution in [0.25, 0.3) is 10.9 Å². The van der Waals surface area contributed by atoms with E-state index in [0.29, 0.717) is 6.54 Å². The number of methoxy groups -OCH3 is 1. The number of ether oxygens (including phenoxy) is 1. The van der Waals surface area contributed by atoms with Crippen molar-refractivity contribution in [1.29, 1.82) is 0 Å². The Labute approximate surface area is 178 Å². The van der Waals surface area contributed by atoms with E-state index >= 15 is 0 Å². The fraction of sp³-hybridized carbons (Fsp3) is 0.625. The molecule has 2 aliphatic heterocycles. The summed E-state index contributed by atoms with van der Waals surface area (Å²) < 4.78 is 5.44. The van der Waals surface area contributed by atoms with Gasteiger partial charge >= 0.3 is 0 Å². The van der Waals surface area contributed by atoms with Gasteiger partial charge in [-0.2, -0.15) is 0 Å². The number of aromatic nitrogens is 1. The minimum Gasteiger partial charge on any atom is -0.497 e. The molecule has 2 fully saturated rings. The molecule has 2 N–H and O–H groups in total. The van der Waals surface area contributed by atoms with Crippen molar-refractivity contribution in [2.75, 3.05) is 40.4 Å².